The van der Waals surface area contributed by atoms with Crippen LogP contribution in [0.25, 0.3) is 39.2 Å². The van der Waals surface area contributed by atoms with E-state index in [-0.39, 0.29) is 32.7 Å². The third-order valence-electron chi connectivity index (χ3n) is 5.30. The smallest absolute Gasteiger partial charge is 0.229 e. The van der Waals surface area contributed by atoms with Crippen molar-refractivity contribution in [1.82, 2.24) is 9.55 Å². The summed E-state index contributed by atoms with van der Waals surface area (Å²) in [6.07, 6.45) is 4.82. The van der Waals surface area contributed by atoms with Crippen molar-refractivity contribution < 1.29 is 37.3 Å². The number of hydrogen-bond acceptors (Lipinski definition) is 1. The van der Waals surface area contributed by atoms with Gasteiger partial charge in [0, 0.05) is 32.7 Å². The van der Waals surface area contributed by atoms with E-state index in [0.29, 0.717) is 0 Å². The van der Waals surface area contributed by atoms with Crippen molar-refractivity contribution in [2.24, 2.45) is 7.05 Å². The van der Waals surface area contributed by atoms with E-state index in [9.17, 15) is 0 Å². The number of rotatable bonds is 3. The Kier molecular flexibility index (Phi) is 5.94. The zero-order chi connectivity index (χ0) is 19.8. The Morgan fingerprint density at radius 2 is 1.60 bits per heavy atom. The number of para-hydroxylation sites is 3. The summed E-state index contributed by atoms with van der Waals surface area (Å²) in [5.74, 6) is 1.10. The molecular weight excluding hydrogens is 443 g/mol. The SMILES string of the molecule is Cc1ccc(-c2[c-]nccc2)[c-]c1-c1n(-c2ccccc2)c2ccccc2[n+]1C.[Y]. The quantitative estimate of drug-likeness (QED) is 0.270. The van der Waals surface area contributed by atoms with Gasteiger partial charge in [-0.05, 0) is 29.8 Å². The molecule has 0 atom stereocenters. The Hall–Kier alpha value is -2.62. The number of imidazole rings is 1. The average molecular weight is 463 g/mol. The molecule has 0 aliphatic heterocycles. The summed E-state index contributed by atoms with van der Waals surface area (Å²) in [6.45, 7) is 2.13. The molecule has 2 aromatic heterocycles. The summed E-state index contributed by atoms with van der Waals surface area (Å²) in [6, 6.07) is 30.8. The molecule has 30 heavy (non-hydrogen) atoms. The molecule has 3 nitrogen and oxygen atoms in total. The summed E-state index contributed by atoms with van der Waals surface area (Å²) in [4.78, 5) is 4.15. The minimum atomic E-state index is 0. The molecule has 5 rings (SSSR count). The van der Waals surface area contributed by atoms with Gasteiger partial charge in [-0.2, -0.15) is 29.3 Å². The largest absolute Gasteiger partial charge is 0.369 e. The predicted octanol–water partition coefficient (Wildman–Crippen LogP) is 5.09. The van der Waals surface area contributed by atoms with Crippen LogP contribution < -0.4 is 4.57 Å². The van der Waals surface area contributed by atoms with Crippen LogP contribution in [-0.2, 0) is 39.8 Å². The number of fused-ring (bicyclic) bond motifs is 1. The minimum absolute atomic E-state index is 0. The Morgan fingerprint density at radius 1 is 0.833 bits per heavy atom. The van der Waals surface area contributed by atoms with E-state index in [1.807, 2.05) is 18.2 Å². The van der Waals surface area contributed by atoms with Crippen LogP contribution in [0, 0.1) is 19.2 Å². The fraction of sp³-hybridized carbons (Fsp3) is 0.0769. The molecule has 4 heteroatoms. The molecule has 3 aromatic carbocycles. The Bertz CT molecular complexity index is 1310. The van der Waals surface area contributed by atoms with Crippen molar-refractivity contribution in [2.75, 3.05) is 0 Å². The van der Waals surface area contributed by atoms with E-state index in [1.54, 1.807) is 6.20 Å². The van der Waals surface area contributed by atoms with Crippen LogP contribution in [0.1, 0.15) is 5.56 Å². The first kappa shape index (κ1) is 20.6. The second kappa shape index (κ2) is 8.63. The maximum Gasteiger partial charge on any atom is 0.229 e. The second-order valence-corrected chi connectivity index (χ2v) is 7.14. The molecule has 0 unspecified atom stereocenters. The van der Waals surface area contributed by atoms with Gasteiger partial charge in [0.15, 0.2) is 11.0 Å². The van der Waals surface area contributed by atoms with Gasteiger partial charge in [0.2, 0.25) is 5.82 Å². The van der Waals surface area contributed by atoms with Gasteiger partial charge in [-0.1, -0.05) is 49.6 Å². The Balaban J connectivity index is 0.00000218. The van der Waals surface area contributed by atoms with Crippen molar-refractivity contribution in [3.05, 3.63) is 103 Å². The first-order valence-corrected chi connectivity index (χ1v) is 9.65. The van der Waals surface area contributed by atoms with Crippen LogP contribution in [0.15, 0.2) is 85.1 Å². The molecule has 5 aromatic rings. The van der Waals surface area contributed by atoms with Crippen LogP contribution in [0.2, 0.25) is 0 Å². The number of nitrogens with zero attached hydrogens (tertiary/aromatic N) is 3. The molecule has 0 N–H and O–H groups in total. The fourth-order valence-electron chi connectivity index (χ4n) is 3.87. The molecule has 1 radical (unpaired) electrons. The van der Waals surface area contributed by atoms with E-state index >= 15 is 0 Å². The van der Waals surface area contributed by atoms with E-state index < -0.39 is 0 Å². The van der Waals surface area contributed by atoms with E-state index in [1.165, 1.54) is 16.6 Å². The molecule has 0 aliphatic carbocycles. The van der Waals surface area contributed by atoms with Crippen LogP contribution in [0.4, 0.5) is 0 Å². The summed E-state index contributed by atoms with van der Waals surface area (Å²) in [7, 11) is 2.12. The van der Waals surface area contributed by atoms with Gasteiger partial charge < -0.3 is 4.98 Å². The van der Waals surface area contributed by atoms with Crippen molar-refractivity contribution in [2.45, 2.75) is 6.92 Å². The predicted molar refractivity (Wildman–Crippen MR) is 116 cm³/mol. The normalized spacial score (nSPS) is 10.7. The fourth-order valence-corrected chi connectivity index (χ4v) is 3.87. The van der Waals surface area contributed by atoms with E-state index in [2.05, 4.69) is 101 Å². The van der Waals surface area contributed by atoms with Crippen LogP contribution in [-0.4, -0.2) is 9.55 Å². The summed E-state index contributed by atoms with van der Waals surface area (Å²) in [5.41, 5.74) is 7.66. The molecule has 0 fully saturated rings. The minimum Gasteiger partial charge on any atom is -0.369 e. The zero-order valence-electron chi connectivity index (χ0n) is 17.0. The van der Waals surface area contributed by atoms with Crippen molar-refractivity contribution in [1.29, 1.82) is 0 Å². The Morgan fingerprint density at radius 3 is 2.37 bits per heavy atom. The maximum absolute atomic E-state index is 4.15. The van der Waals surface area contributed by atoms with Crippen molar-refractivity contribution in [3.63, 3.8) is 0 Å². The molecular formula is C26H20N3Y-. The molecule has 0 amide bonds. The van der Waals surface area contributed by atoms with Gasteiger partial charge in [-0.3, -0.25) is 4.57 Å². The van der Waals surface area contributed by atoms with Gasteiger partial charge in [-0.15, -0.1) is 17.7 Å². The van der Waals surface area contributed by atoms with Crippen molar-refractivity contribution in [3.8, 4) is 28.2 Å². The van der Waals surface area contributed by atoms with Gasteiger partial charge >= 0.3 is 0 Å². The maximum atomic E-state index is 4.15. The van der Waals surface area contributed by atoms with Gasteiger partial charge in [-0.25, -0.2) is 4.57 Å². The van der Waals surface area contributed by atoms with Crippen LogP contribution in [0.3, 0.4) is 0 Å². The van der Waals surface area contributed by atoms with Crippen LogP contribution in [0.5, 0.6) is 0 Å². The average Bonchev–Trinajstić information content (AvgIpc) is 3.08. The molecule has 0 saturated carbocycles. The van der Waals surface area contributed by atoms with Crippen molar-refractivity contribution >= 4 is 11.0 Å². The molecule has 0 spiro atoms. The number of aryl methyl sites for hydroxylation is 2. The number of pyridine rings is 1. The van der Waals surface area contributed by atoms with Crippen LogP contribution >= 0.6 is 0 Å². The molecule has 2 heterocycles. The third kappa shape index (κ3) is 3.53. The zero-order valence-corrected chi connectivity index (χ0v) is 19.8. The number of benzene rings is 3. The monoisotopic (exact) mass is 463 g/mol. The second-order valence-electron chi connectivity index (χ2n) is 7.14. The van der Waals surface area contributed by atoms with E-state index in [4.69, 9.17) is 0 Å². The molecule has 0 aliphatic rings. The van der Waals surface area contributed by atoms with Gasteiger partial charge in [0.25, 0.3) is 0 Å². The summed E-state index contributed by atoms with van der Waals surface area (Å²) in [5, 5.41) is 0. The summed E-state index contributed by atoms with van der Waals surface area (Å²) < 4.78 is 4.56. The van der Waals surface area contributed by atoms with Gasteiger partial charge in [0.1, 0.15) is 5.69 Å². The standard InChI is InChI=1S/C26H20N3.Y/c1-19-14-15-20(21-9-8-16-27-18-21)17-23(19)26-28(2)24-12-6-7-13-25(24)29(26)22-10-4-3-5-11-22;/h3-16H,1-2H3;/q-1;. The van der Waals surface area contributed by atoms with E-state index in [0.717, 1.165) is 28.2 Å². The summed E-state index contributed by atoms with van der Waals surface area (Å²) >= 11 is 0. The molecule has 0 saturated heterocycles. The first-order chi connectivity index (χ1) is 14.2. The topological polar surface area (TPSA) is 21.7 Å². The number of hydrogen-bond donors (Lipinski definition) is 0. The molecule has 0 bridgehead atoms. The van der Waals surface area contributed by atoms with Gasteiger partial charge in [0.05, 0.1) is 7.05 Å². The number of aromatic nitrogens is 3. The first-order valence-electron chi connectivity index (χ1n) is 9.65. The Labute approximate surface area is 201 Å². The third-order valence-corrected chi connectivity index (χ3v) is 5.30. The molecule has 143 valence electrons.